The minimum absolute atomic E-state index is 0.0378. The summed E-state index contributed by atoms with van der Waals surface area (Å²) in [6.45, 7) is 0. The summed E-state index contributed by atoms with van der Waals surface area (Å²) in [7, 11) is -3.79. The van der Waals surface area contributed by atoms with Crippen LogP contribution in [0.1, 0.15) is 24.8 Å². The average Bonchev–Trinajstić information content (AvgIpc) is 2.16. The molecule has 3 nitrogen and oxygen atoms in total. The maximum absolute atomic E-state index is 14.0. The highest BCUT2D eigenvalue weighted by atomic mass is 32.2. The molecule has 0 saturated heterocycles. The van der Waals surface area contributed by atoms with Crippen molar-refractivity contribution in [3.8, 4) is 0 Å². The summed E-state index contributed by atoms with van der Waals surface area (Å²) >= 11 is 0. The Morgan fingerprint density at radius 2 is 1.88 bits per heavy atom. The van der Waals surface area contributed by atoms with E-state index >= 15 is 0 Å². The Kier molecular flexibility index (Phi) is 2.74. The number of halogens is 2. The van der Waals surface area contributed by atoms with Gasteiger partial charge in [-0.3, -0.25) is 0 Å². The van der Waals surface area contributed by atoms with Crippen LogP contribution in [0.2, 0.25) is 0 Å². The van der Waals surface area contributed by atoms with E-state index in [0.29, 0.717) is 18.9 Å². The molecule has 2 N–H and O–H groups in total. The maximum Gasteiger partial charge on any atom is 0.178 e. The number of benzene rings is 1. The third-order valence-corrected chi connectivity index (χ3v) is 4.28. The lowest BCUT2D eigenvalue weighted by atomic mass is 9.72. The van der Waals surface area contributed by atoms with Gasteiger partial charge in [-0.25, -0.2) is 17.2 Å². The van der Waals surface area contributed by atoms with Gasteiger partial charge in [-0.15, -0.1) is 0 Å². The lowest BCUT2D eigenvalue weighted by Gasteiger charge is -2.39. The average molecular weight is 261 g/mol. The van der Waals surface area contributed by atoms with E-state index in [1.807, 2.05) is 0 Å². The third-order valence-electron chi connectivity index (χ3n) is 3.19. The molecule has 0 aliphatic heterocycles. The topological polar surface area (TPSA) is 60.2 Å². The highest BCUT2D eigenvalue weighted by Crippen LogP contribution is 2.41. The maximum atomic E-state index is 14.0. The molecule has 2 rings (SSSR count). The first-order chi connectivity index (χ1) is 7.74. The van der Waals surface area contributed by atoms with E-state index in [4.69, 9.17) is 5.73 Å². The predicted molar refractivity (Wildman–Crippen MR) is 59.2 cm³/mol. The Balaban J connectivity index is 2.66. The predicted octanol–water partition coefficient (Wildman–Crippen LogP) is 1.71. The molecule has 1 aliphatic carbocycles. The standard InChI is InChI=1S/C11H13F2NO2S/c1-17(15,16)9-6-7(12)5-8(10(9)13)11(14)3-2-4-11/h5-6H,2-4,14H2,1H3. The van der Waals surface area contributed by atoms with E-state index in [0.717, 1.165) is 18.7 Å². The van der Waals surface area contributed by atoms with Crippen LogP contribution in [0, 0.1) is 11.6 Å². The molecule has 0 atom stereocenters. The van der Waals surface area contributed by atoms with Gasteiger partial charge in [-0.2, -0.15) is 0 Å². The number of sulfone groups is 1. The van der Waals surface area contributed by atoms with Gasteiger partial charge in [0.1, 0.15) is 16.5 Å². The van der Waals surface area contributed by atoms with E-state index in [-0.39, 0.29) is 5.56 Å². The molecule has 0 unspecified atom stereocenters. The van der Waals surface area contributed by atoms with Crippen molar-refractivity contribution in [3.63, 3.8) is 0 Å². The Morgan fingerprint density at radius 1 is 1.29 bits per heavy atom. The normalized spacial score (nSPS) is 18.8. The van der Waals surface area contributed by atoms with Gasteiger partial charge in [0.05, 0.1) is 0 Å². The summed E-state index contributed by atoms with van der Waals surface area (Å²) in [5.74, 6) is -1.70. The zero-order valence-electron chi connectivity index (χ0n) is 9.33. The second-order valence-corrected chi connectivity index (χ2v) is 6.53. The fourth-order valence-electron chi connectivity index (χ4n) is 2.02. The fourth-order valence-corrected chi connectivity index (χ4v) is 2.79. The monoisotopic (exact) mass is 261 g/mol. The van der Waals surface area contributed by atoms with Crippen LogP contribution < -0.4 is 5.73 Å². The van der Waals surface area contributed by atoms with Crippen molar-refractivity contribution in [1.29, 1.82) is 0 Å². The largest absolute Gasteiger partial charge is 0.321 e. The minimum Gasteiger partial charge on any atom is -0.321 e. The zero-order chi connectivity index (χ0) is 12.8. The molecule has 0 bridgehead atoms. The van der Waals surface area contributed by atoms with Crippen molar-refractivity contribution >= 4 is 9.84 Å². The number of hydrogen-bond acceptors (Lipinski definition) is 3. The number of nitrogens with two attached hydrogens (primary N) is 1. The third kappa shape index (κ3) is 2.07. The van der Waals surface area contributed by atoms with E-state index in [1.165, 1.54) is 0 Å². The highest BCUT2D eigenvalue weighted by molar-refractivity contribution is 7.90. The van der Waals surface area contributed by atoms with Gasteiger partial charge in [-0.1, -0.05) is 0 Å². The molecular weight excluding hydrogens is 248 g/mol. The summed E-state index contributed by atoms with van der Waals surface area (Å²) in [6.07, 6.45) is 2.76. The van der Waals surface area contributed by atoms with Crippen molar-refractivity contribution in [1.82, 2.24) is 0 Å². The smallest absolute Gasteiger partial charge is 0.178 e. The van der Waals surface area contributed by atoms with Gasteiger partial charge < -0.3 is 5.73 Å². The molecule has 1 fully saturated rings. The molecule has 1 aromatic rings. The first-order valence-corrected chi connectivity index (χ1v) is 7.12. The van der Waals surface area contributed by atoms with E-state index < -0.39 is 31.9 Å². The van der Waals surface area contributed by atoms with Crippen molar-refractivity contribution in [2.45, 2.75) is 29.7 Å². The lowest BCUT2D eigenvalue weighted by Crippen LogP contribution is -2.44. The number of hydrogen-bond donors (Lipinski definition) is 1. The molecular formula is C11H13F2NO2S. The Bertz CT molecular complexity index is 565. The van der Waals surface area contributed by atoms with Crippen molar-refractivity contribution in [2.75, 3.05) is 6.26 Å². The van der Waals surface area contributed by atoms with E-state index in [2.05, 4.69) is 0 Å². The molecule has 0 heterocycles. The first-order valence-electron chi connectivity index (χ1n) is 5.22. The van der Waals surface area contributed by atoms with Crippen molar-refractivity contribution in [3.05, 3.63) is 29.3 Å². The fraction of sp³-hybridized carbons (Fsp3) is 0.455. The van der Waals surface area contributed by atoms with E-state index in [1.54, 1.807) is 0 Å². The van der Waals surface area contributed by atoms with Crippen LogP contribution in [-0.4, -0.2) is 14.7 Å². The lowest BCUT2D eigenvalue weighted by molar-refractivity contribution is 0.242. The molecule has 0 spiro atoms. The molecule has 6 heteroatoms. The zero-order valence-corrected chi connectivity index (χ0v) is 10.2. The molecule has 1 saturated carbocycles. The molecule has 0 aromatic heterocycles. The molecule has 1 aliphatic rings. The number of rotatable bonds is 2. The van der Waals surface area contributed by atoms with Crippen LogP contribution >= 0.6 is 0 Å². The summed E-state index contributed by atoms with van der Waals surface area (Å²) in [4.78, 5) is -0.621. The Labute approximate surface area is 98.5 Å². The van der Waals surface area contributed by atoms with Crippen LogP contribution in [0.4, 0.5) is 8.78 Å². The van der Waals surface area contributed by atoms with Gasteiger partial charge in [0.25, 0.3) is 0 Å². The summed E-state index contributed by atoms with van der Waals surface area (Å²) in [5.41, 5.74) is 4.94. The van der Waals surface area contributed by atoms with Crippen LogP contribution in [0.5, 0.6) is 0 Å². The van der Waals surface area contributed by atoms with Gasteiger partial charge in [0.15, 0.2) is 9.84 Å². The first kappa shape index (κ1) is 12.4. The SMILES string of the molecule is CS(=O)(=O)c1cc(F)cc(C2(N)CCC2)c1F. The van der Waals surface area contributed by atoms with Gasteiger partial charge in [0.2, 0.25) is 0 Å². The van der Waals surface area contributed by atoms with Gasteiger partial charge in [0, 0.05) is 17.4 Å². The van der Waals surface area contributed by atoms with E-state index in [9.17, 15) is 17.2 Å². The molecule has 0 radical (unpaired) electrons. The van der Waals surface area contributed by atoms with Crippen LogP contribution in [0.15, 0.2) is 17.0 Å². The van der Waals surface area contributed by atoms with Gasteiger partial charge >= 0.3 is 0 Å². The second-order valence-electron chi connectivity index (χ2n) is 4.55. The Hall–Kier alpha value is -1.01. The quantitative estimate of drug-likeness (QED) is 0.881. The summed E-state index contributed by atoms with van der Waals surface area (Å²) in [5, 5.41) is 0. The molecule has 94 valence electrons. The highest BCUT2D eigenvalue weighted by Gasteiger charge is 2.38. The van der Waals surface area contributed by atoms with Gasteiger partial charge in [-0.05, 0) is 31.4 Å². The van der Waals surface area contributed by atoms with Crippen molar-refractivity contribution < 1.29 is 17.2 Å². The van der Waals surface area contributed by atoms with Crippen LogP contribution in [-0.2, 0) is 15.4 Å². The summed E-state index contributed by atoms with van der Waals surface area (Å²) < 4.78 is 50.1. The Morgan fingerprint density at radius 3 is 2.29 bits per heavy atom. The molecule has 0 amide bonds. The van der Waals surface area contributed by atoms with Crippen molar-refractivity contribution in [2.24, 2.45) is 5.73 Å². The van der Waals surface area contributed by atoms with Crippen LogP contribution in [0.3, 0.4) is 0 Å². The molecule has 1 aromatic carbocycles. The second kappa shape index (κ2) is 3.74. The minimum atomic E-state index is -3.79. The van der Waals surface area contributed by atoms with Crippen LogP contribution in [0.25, 0.3) is 0 Å². The molecule has 17 heavy (non-hydrogen) atoms. The summed E-state index contributed by atoms with van der Waals surface area (Å²) in [6, 6.07) is 1.68.